The van der Waals surface area contributed by atoms with Crippen LogP contribution in [-0.4, -0.2) is 11.1 Å². The molecular formula is C13H10O3. The molecule has 0 unspecified atom stereocenters. The zero-order valence-electron chi connectivity index (χ0n) is 8.46. The number of hydrogen-bond donors (Lipinski definition) is 1. The van der Waals surface area contributed by atoms with Gasteiger partial charge in [-0.2, -0.15) is 0 Å². The third-order valence-corrected chi connectivity index (χ3v) is 2.13. The van der Waals surface area contributed by atoms with Gasteiger partial charge in [0.1, 0.15) is 5.76 Å². The van der Waals surface area contributed by atoms with Crippen LogP contribution in [0, 0.1) is 0 Å². The molecule has 0 aliphatic heterocycles. The number of carboxylic acids is 1. The van der Waals surface area contributed by atoms with Crippen LogP contribution in [0.4, 0.5) is 0 Å². The molecule has 0 spiro atoms. The molecule has 16 heavy (non-hydrogen) atoms. The molecule has 0 bridgehead atoms. The van der Waals surface area contributed by atoms with E-state index in [0.717, 1.165) is 23.0 Å². The predicted molar refractivity (Wildman–Crippen MR) is 60.8 cm³/mol. The molecule has 80 valence electrons. The number of carboxylic acid groups (broad SMARTS) is 1. The van der Waals surface area contributed by atoms with Crippen molar-refractivity contribution >= 4 is 12.0 Å². The third-order valence-electron chi connectivity index (χ3n) is 2.13. The number of benzene rings is 1. The van der Waals surface area contributed by atoms with E-state index in [-0.39, 0.29) is 0 Å². The fourth-order valence-electron chi connectivity index (χ4n) is 1.37. The van der Waals surface area contributed by atoms with Gasteiger partial charge < -0.3 is 9.52 Å². The van der Waals surface area contributed by atoms with Crippen molar-refractivity contribution in [1.29, 1.82) is 0 Å². The van der Waals surface area contributed by atoms with E-state index >= 15 is 0 Å². The molecule has 1 aromatic heterocycles. The number of aliphatic carboxylic acids is 1. The van der Waals surface area contributed by atoms with Gasteiger partial charge in [0.05, 0.1) is 6.26 Å². The van der Waals surface area contributed by atoms with Crippen LogP contribution in [-0.2, 0) is 4.79 Å². The second kappa shape index (κ2) is 4.49. The molecule has 3 heteroatoms. The molecule has 3 nitrogen and oxygen atoms in total. The average molecular weight is 214 g/mol. The van der Waals surface area contributed by atoms with Crippen LogP contribution in [0.1, 0.15) is 5.56 Å². The lowest BCUT2D eigenvalue weighted by atomic mass is 10.1. The van der Waals surface area contributed by atoms with Gasteiger partial charge >= 0.3 is 5.97 Å². The van der Waals surface area contributed by atoms with Crippen molar-refractivity contribution in [1.82, 2.24) is 0 Å². The summed E-state index contributed by atoms with van der Waals surface area (Å²) in [7, 11) is 0. The molecule has 1 heterocycles. The van der Waals surface area contributed by atoms with Crippen LogP contribution in [0.3, 0.4) is 0 Å². The zero-order valence-corrected chi connectivity index (χ0v) is 8.46. The zero-order chi connectivity index (χ0) is 11.4. The molecule has 2 aromatic rings. The van der Waals surface area contributed by atoms with Gasteiger partial charge in [-0.25, -0.2) is 4.79 Å². The molecule has 0 atom stereocenters. The molecule has 0 radical (unpaired) electrons. The third kappa shape index (κ3) is 2.39. The maximum Gasteiger partial charge on any atom is 0.328 e. The Morgan fingerprint density at radius 2 is 1.94 bits per heavy atom. The SMILES string of the molecule is O=C(O)/C=C/c1ccc(-c2ccco2)cc1. The highest BCUT2D eigenvalue weighted by Crippen LogP contribution is 2.20. The van der Waals surface area contributed by atoms with E-state index in [2.05, 4.69) is 0 Å². The summed E-state index contributed by atoms with van der Waals surface area (Å²) in [6.45, 7) is 0. The molecule has 1 N–H and O–H groups in total. The predicted octanol–water partition coefficient (Wildman–Crippen LogP) is 3.04. The Labute approximate surface area is 92.6 Å². The van der Waals surface area contributed by atoms with Crippen LogP contribution >= 0.6 is 0 Å². The molecule has 2 rings (SSSR count). The van der Waals surface area contributed by atoms with Crippen molar-refractivity contribution in [2.24, 2.45) is 0 Å². The minimum Gasteiger partial charge on any atom is -0.478 e. The van der Waals surface area contributed by atoms with Gasteiger partial charge in [-0.05, 0) is 23.8 Å². The van der Waals surface area contributed by atoms with Crippen molar-refractivity contribution in [2.45, 2.75) is 0 Å². The quantitative estimate of drug-likeness (QED) is 0.799. The Morgan fingerprint density at radius 1 is 1.19 bits per heavy atom. The monoisotopic (exact) mass is 214 g/mol. The number of rotatable bonds is 3. The van der Waals surface area contributed by atoms with E-state index in [1.807, 2.05) is 36.4 Å². The number of carbonyl (C=O) groups is 1. The smallest absolute Gasteiger partial charge is 0.328 e. The summed E-state index contributed by atoms with van der Waals surface area (Å²) in [6, 6.07) is 11.2. The van der Waals surface area contributed by atoms with E-state index in [1.54, 1.807) is 12.3 Å². The molecule has 0 aliphatic carbocycles. The molecular weight excluding hydrogens is 204 g/mol. The standard InChI is InChI=1S/C13H10O3/c14-13(15)8-5-10-3-6-11(7-4-10)12-2-1-9-16-12/h1-9H,(H,14,15)/b8-5+. The van der Waals surface area contributed by atoms with Gasteiger partial charge in [-0.15, -0.1) is 0 Å². The largest absolute Gasteiger partial charge is 0.478 e. The molecule has 0 saturated carbocycles. The van der Waals surface area contributed by atoms with E-state index in [0.29, 0.717) is 0 Å². The Morgan fingerprint density at radius 3 is 2.50 bits per heavy atom. The molecule has 1 aromatic carbocycles. The first-order chi connectivity index (χ1) is 7.75. The van der Waals surface area contributed by atoms with Gasteiger partial charge in [0.25, 0.3) is 0 Å². The second-order valence-electron chi connectivity index (χ2n) is 3.27. The van der Waals surface area contributed by atoms with Gasteiger partial charge in [0.15, 0.2) is 0 Å². The summed E-state index contributed by atoms with van der Waals surface area (Å²) in [6.07, 6.45) is 4.28. The maximum atomic E-state index is 10.3. The van der Waals surface area contributed by atoms with Crippen molar-refractivity contribution in [3.63, 3.8) is 0 Å². The minimum atomic E-state index is -0.949. The first-order valence-electron chi connectivity index (χ1n) is 4.80. The van der Waals surface area contributed by atoms with E-state index in [1.165, 1.54) is 0 Å². The summed E-state index contributed by atoms with van der Waals surface area (Å²) >= 11 is 0. The minimum absolute atomic E-state index is 0.800. The Kier molecular flexibility index (Phi) is 2.87. The van der Waals surface area contributed by atoms with E-state index < -0.39 is 5.97 Å². The topological polar surface area (TPSA) is 50.4 Å². The fraction of sp³-hybridized carbons (Fsp3) is 0. The Hall–Kier alpha value is -2.29. The Bertz CT molecular complexity index is 492. The lowest BCUT2D eigenvalue weighted by molar-refractivity contribution is -0.131. The molecule has 0 aliphatic rings. The highest BCUT2D eigenvalue weighted by molar-refractivity contribution is 5.85. The molecule has 0 amide bonds. The van der Waals surface area contributed by atoms with Crippen molar-refractivity contribution < 1.29 is 14.3 Å². The van der Waals surface area contributed by atoms with Crippen molar-refractivity contribution in [3.8, 4) is 11.3 Å². The van der Waals surface area contributed by atoms with Crippen LogP contribution in [0.2, 0.25) is 0 Å². The van der Waals surface area contributed by atoms with Gasteiger partial charge in [-0.1, -0.05) is 24.3 Å². The number of furan rings is 1. The summed E-state index contributed by atoms with van der Waals surface area (Å²) in [5.41, 5.74) is 1.81. The van der Waals surface area contributed by atoms with Crippen molar-refractivity contribution in [2.75, 3.05) is 0 Å². The number of hydrogen-bond acceptors (Lipinski definition) is 2. The highest BCUT2D eigenvalue weighted by atomic mass is 16.4. The fourth-order valence-corrected chi connectivity index (χ4v) is 1.37. The van der Waals surface area contributed by atoms with Gasteiger partial charge in [-0.3, -0.25) is 0 Å². The summed E-state index contributed by atoms with van der Waals surface area (Å²) in [5.74, 6) is -0.149. The van der Waals surface area contributed by atoms with Crippen LogP contribution in [0.25, 0.3) is 17.4 Å². The second-order valence-corrected chi connectivity index (χ2v) is 3.27. The summed E-state index contributed by atoms with van der Waals surface area (Å²) in [5, 5.41) is 8.48. The van der Waals surface area contributed by atoms with E-state index in [4.69, 9.17) is 9.52 Å². The molecule has 0 fully saturated rings. The Balaban J connectivity index is 2.20. The van der Waals surface area contributed by atoms with Crippen LogP contribution in [0.15, 0.2) is 53.2 Å². The first kappa shape index (κ1) is 10.2. The van der Waals surface area contributed by atoms with Crippen molar-refractivity contribution in [3.05, 3.63) is 54.3 Å². The molecule has 0 saturated heterocycles. The van der Waals surface area contributed by atoms with Gasteiger partial charge in [0.2, 0.25) is 0 Å². The summed E-state index contributed by atoms with van der Waals surface area (Å²) in [4.78, 5) is 10.3. The van der Waals surface area contributed by atoms with Crippen LogP contribution in [0.5, 0.6) is 0 Å². The normalized spacial score (nSPS) is 10.8. The lowest BCUT2D eigenvalue weighted by Gasteiger charge is -1.97. The maximum absolute atomic E-state index is 10.3. The van der Waals surface area contributed by atoms with Crippen LogP contribution < -0.4 is 0 Å². The van der Waals surface area contributed by atoms with Gasteiger partial charge in [0, 0.05) is 11.6 Å². The average Bonchev–Trinajstić information content (AvgIpc) is 2.80. The lowest BCUT2D eigenvalue weighted by Crippen LogP contribution is -1.85. The summed E-state index contributed by atoms with van der Waals surface area (Å²) < 4.78 is 5.25. The van der Waals surface area contributed by atoms with E-state index in [9.17, 15) is 4.79 Å². The first-order valence-corrected chi connectivity index (χ1v) is 4.80. The highest BCUT2D eigenvalue weighted by Gasteiger charge is 1.98.